The fraction of sp³-hybridized carbons (Fsp3) is 0.240. The molecule has 1 aliphatic rings. The number of aryl methyl sites for hydroxylation is 1. The number of hydrogen-bond donors (Lipinski definition) is 1. The summed E-state index contributed by atoms with van der Waals surface area (Å²) >= 11 is 7.43. The molecule has 38 heavy (non-hydrogen) atoms. The molecule has 0 aliphatic heterocycles. The molecule has 1 aliphatic carbocycles. The largest absolute Gasteiger partial charge is 0.424 e. The average Bonchev–Trinajstić information content (AvgIpc) is 3.44. The number of halogens is 4. The summed E-state index contributed by atoms with van der Waals surface area (Å²) in [4.78, 5) is 31.0. The van der Waals surface area contributed by atoms with Crippen molar-refractivity contribution in [3.8, 4) is 23.0 Å². The fourth-order valence-corrected chi connectivity index (χ4v) is 4.40. The van der Waals surface area contributed by atoms with Gasteiger partial charge in [0.2, 0.25) is 11.8 Å². The number of hydrogen-bond acceptors (Lipinski definition) is 7. The van der Waals surface area contributed by atoms with E-state index in [4.69, 9.17) is 16.0 Å². The lowest BCUT2D eigenvalue weighted by atomic mass is 9.99. The molecule has 1 aromatic carbocycles. The monoisotopic (exact) mass is 559 g/mol. The molecule has 1 fully saturated rings. The Morgan fingerprint density at radius 3 is 2.74 bits per heavy atom. The Morgan fingerprint density at radius 1 is 1.26 bits per heavy atom. The van der Waals surface area contributed by atoms with Gasteiger partial charge in [-0.15, -0.1) is 10.2 Å². The summed E-state index contributed by atoms with van der Waals surface area (Å²) in [7, 11) is 0. The topological polar surface area (TPSA) is 103 Å². The van der Waals surface area contributed by atoms with Crippen molar-refractivity contribution in [1.82, 2.24) is 19.7 Å². The van der Waals surface area contributed by atoms with E-state index in [0.29, 0.717) is 10.8 Å². The highest BCUT2D eigenvalue weighted by atomic mass is 35.5. The van der Waals surface area contributed by atoms with Crippen LogP contribution >= 0.6 is 22.9 Å². The molecule has 194 valence electrons. The Bertz CT molecular complexity index is 1660. The normalized spacial score (nSPS) is 13.2. The molecule has 3 aromatic heterocycles. The standard InChI is InChI=1S/C25H17ClF3N5O3S/c1-13-32-33-21(37-13)12-34-11-19(17-8-15(25(27,28)29)5-7-20(17)26)18(9-22(34)35)23(36)31-24-30-10-16(38-24)6-4-14-2-3-14/h5,7-11,14H,2-3,12H2,1H3,(H,30,31,36). The summed E-state index contributed by atoms with van der Waals surface area (Å²) in [6, 6.07) is 3.77. The average molecular weight is 560 g/mol. The van der Waals surface area contributed by atoms with E-state index < -0.39 is 23.2 Å². The van der Waals surface area contributed by atoms with Crippen LogP contribution in [0.1, 0.15) is 45.4 Å². The highest BCUT2D eigenvalue weighted by Gasteiger charge is 2.32. The predicted molar refractivity (Wildman–Crippen MR) is 134 cm³/mol. The molecule has 1 amide bonds. The van der Waals surface area contributed by atoms with E-state index in [2.05, 4.69) is 32.3 Å². The van der Waals surface area contributed by atoms with Crippen molar-refractivity contribution in [3.63, 3.8) is 0 Å². The van der Waals surface area contributed by atoms with Gasteiger partial charge in [-0.3, -0.25) is 14.9 Å². The number of pyridine rings is 1. The minimum Gasteiger partial charge on any atom is -0.424 e. The first-order chi connectivity index (χ1) is 18.1. The van der Waals surface area contributed by atoms with Crippen molar-refractivity contribution in [1.29, 1.82) is 0 Å². The van der Waals surface area contributed by atoms with Crippen LogP contribution in [0.4, 0.5) is 18.3 Å². The quantitative estimate of drug-likeness (QED) is 0.329. The van der Waals surface area contributed by atoms with Crippen molar-refractivity contribution in [2.45, 2.75) is 32.5 Å². The van der Waals surface area contributed by atoms with Crippen molar-refractivity contribution in [2.75, 3.05) is 5.32 Å². The molecule has 3 heterocycles. The second kappa shape index (κ2) is 10.1. The minimum absolute atomic E-state index is 0.000239. The number of nitrogens with zero attached hydrogens (tertiary/aromatic N) is 4. The zero-order valence-electron chi connectivity index (χ0n) is 19.6. The van der Waals surface area contributed by atoms with Crippen LogP contribution in [-0.4, -0.2) is 25.7 Å². The third-order valence-electron chi connectivity index (χ3n) is 5.53. The van der Waals surface area contributed by atoms with Gasteiger partial charge >= 0.3 is 6.18 Å². The first kappa shape index (κ1) is 25.7. The van der Waals surface area contributed by atoms with Gasteiger partial charge in [-0.1, -0.05) is 34.8 Å². The summed E-state index contributed by atoms with van der Waals surface area (Å²) < 4.78 is 46.9. The molecule has 5 rings (SSSR count). The Hall–Kier alpha value is -3.95. The highest BCUT2D eigenvalue weighted by Crippen LogP contribution is 2.37. The van der Waals surface area contributed by atoms with E-state index in [1.165, 1.54) is 12.4 Å². The van der Waals surface area contributed by atoms with Gasteiger partial charge in [-0.05, 0) is 31.0 Å². The van der Waals surface area contributed by atoms with Crippen LogP contribution in [0.25, 0.3) is 11.1 Å². The van der Waals surface area contributed by atoms with Gasteiger partial charge in [0.05, 0.1) is 22.2 Å². The number of anilines is 1. The van der Waals surface area contributed by atoms with Gasteiger partial charge in [-0.2, -0.15) is 13.2 Å². The first-order valence-electron chi connectivity index (χ1n) is 11.3. The van der Waals surface area contributed by atoms with Crippen LogP contribution in [0.15, 0.2) is 45.9 Å². The van der Waals surface area contributed by atoms with Crippen LogP contribution in [0.5, 0.6) is 0 Å². The Kier molecular flexibility index (Phi) is 6.81. The summed E-state index contributed by atoms with van der Waals surface area (Å²) in [5.74, 6) is 6.12. The summed E-state index contributed by atoms with van der Waals surface area (Å²) in [5, 5.41) is 10.3. The lowest BCUT2D eigenvalue weighted by Gasteiger charge is -2.15. The van der Waals surface area contributed by atoms with Crippen molar-refractivity contribution < 1.29 is 22.4 Å². The molecular weight excluding hydrogens is 543 g/mol. The summed E-state index contributed by atoms with van der Waals surface area (Å²) in [5.41, 5.74) is -1.85. The van der Waals surface area contributed by atoms with Gasteiger partial charge < -0.3 is 8.98 Å². The van der Waals surface area contributed by atoms with E-state index in [1.807, 2.05) is 0 Å². The SMILES string of the molecule is Cc1nnc(Cn2cc(-c3cc(C(F)(F)F)ccc3Cl)c(C(=O)Nc3ncc(C#CC4CC4)s3)cc2=O)o1. The Labute approximate surface area is 222 Å². The third-order valence-corrected chi connectivity index (χ3v) is 6.69. The molecule has 0 radical (unpaired) electrons. The van der Waals surface area contributed by atoms with Crippen LogP contribution < -0.4 is 10.9 Å². The molecule has 1 N–H and O–H groups in total. The predicted octanol–water partition coefficient (Wildman–Crippen LogP) is 5.40. The van der Waals surface area contributed by atoms with E-state index >= 15 is 0 Å². The van der Waals surface area contributed by atoms with E-state index in [-0.39, 0.29) is 45.2 Å². The molecular formula is C25H17ClF3N5O3S. The molecule has 13 heteroatoms. The van der Waals surface area contributed by atoms with Gasteiger partial charge in [0.25, 0.3) is 11.5 Å². The lowest BCUT2D eigenvalue weighted by molar-refractivity contribution is -0.137. The molecule has 1 saturated carbocycles. The van der Waals surface area contributed by atoms with E-state index in [1.54, 1.807) is 6.92 Å². The molecule has 0 spiro atoms. The number of carbonyl (C=O) groups excluding carboxylic acids is 1. The van der Waals surface area contributed by atoms with Crippen molar-refractivity contribution in [3.05, 3.63) is 79.8 Å². The maximum absolute atomic E-state index is 13.5. The molecule has 0 atom stereocenters. The van der Waals surface area contributed by atoms with Crippen molar-refractivity contribution >= 4 is 34.0 Å². The smallest absolute Gasteiger partial charge is 0.416 e. The number of carbonyl (C=O) groups is 1. The summed E-state index contributed by atoms with van der Waals surface area (Å²) in [6.45, 7) is 1.41. The summed E-state index contributed by atoms with van der Waals surface area (Å²) in [6.07, 6.45) is 0.231. The molecule has 0 saturated heterocycles. The number of rotatable bonds is 5. The maximum atomic E-state index is 13.5. The zero-order valence-corrected chi connectivity index (χ0v) is 21.2. The minimum atomic E-state index is -4.66. The Balaban J connectivity index is 1.55. The van der Waals surface area contributed by atoms with Crippen LogP contribution in [0.3, 0.4) is 0 Å². The molecule has 0 unspecified atom stereocenters. The Morgan fingerprint density at radius 2 is 2.05 bits per heavy atom. The second-order valence-electron chi connectivity index (χ2n) is 8.50. The van der Waals surface area contributed by atoms with Crippen LogP contribution in [-0.2, 0) is 12.7 Å². The highest BCUT2D eigenvalue weighted by molar-refractivity contribution is 7.16. The molecule has 8 nitrogen and oxygen atoms in total. The zero-order chi connectivity index (χ0) is 27.0. The second-order valence-corrected chi connectivity index (χ2v) is 9.94. The number of amides is 1. The maximum Gasteiger partial charge on any atom is 0.416 e. The number of benzene rings is 1. The number of alkyl halides is 3. The van der Waals surface area contributed by atoms with Gasteiger partial charge in [0.15, 0.2) is 5.13 Å². The number of aromatic nitrogens is 4. The van der Waals surface area contributed by atoms with E-state index in [9.17, 15) is 22.8 Å². The number of nitrogens with one attached hydrogen (secondary N) is 1. The lowest BCUT2D eigenvalue weighted by Crippen LogP contribution is -2.24. The van der Waals surface area contributed by atoms with Gasteiger partial charge in [-0.25, -0.2) is 4.98 Å². The van der Waals surface area contributed by atoms with Gasteiger partial charge in [0.1, 0.15) is 6.54 Å². The van der Waals surface area contributed by atoms with E-state index in [0.717, 1.165) is 53.0 Å². The van der Waals surface area contributed by atoms with Crippen molar-refractivity contribution in [2.24, 2.45) is 5.92 Å². The molecule has 4 aromatic rings. The first-order valence-corrected chi connectivity index (χ1v) is 12.5. The number of thiazole rings is 1. The molecule has 0 bridgehead atoms. The fourth-order valence-electron chi connectivity index (χ4n) is 3.51. The van der Waals surface area contributed by atoms with Crippen LogP contribution in [0.2, 0.25) is 5.02 Å². The third kappa shape index (κ3) is 5.79. The van der Waals surface area contributed by atoms with Gasteiger partial charge in [0, 0.05) is 41.3 Å². The van der Waals surface area contributed by atoms with Crippen LogP contribution in [0, 0.1) is 24.7 Å².